The van der Waals surface area contributed by atoms with Crippen molar-refractivity contribution in [2.75, 3.05) is 23.8 Å². The maximum absolute atomic E-state index is 14.2. The number of alkyl halides is 3. The van der Waals surface area contributed by atoms with Crippen LogP contribution in [0.5, 0.6) is 0 Å². The largest absolute Gasteiger partial charge is 0.416 e. The molecule has 0 aliphatic heterocycles. The first-order chi connectivity index (χ1) is 13.9. The standard InChI is InChI=1S/C18H18F4N6O2/c1-8(10-4-3-9(5-12(10)19)18(20,21)22)28(2)17(30)16(29)27-13-7-26-15(25)11(6-23)14(13)24/h3-8,23H,1-2H3,(H,27,29)(H4,24,25,26). The van der Waals surface area contributed by atoms with E-state index in [1.54, 1.807) is 0 Å². The van der Waals surface area contributed by atoms with Crippen LogP contribution in [-0.2, 0) is 15.8 Å². The number of hydrogen-bond donors (Lipinski definition) is 4. The Morgan fingerprint density at radius 3 is 2.47 bits per heavy atom. The molecule has 12 heteroatoms. The summed E-state index contributed by atoms with van der Waals surface area (Å²) in [6, 6.07) is 0.865. The molecule has 2 aromatic rings. The molecule has 0 fully saturated rings. The van der Waals surface area contributed by atoms with Crippen LogP contribution >= 0.6 is 0 Å². The van der Waals surface area contributed by atoms with Crippen molar-refractivity contribution >= 4 is 35.2 Å². The maximum atomic E-state index is 14.2. The van der Waals surface area contributed by atoms with Crippen LogP contribution in [-0.4, -0.2) is 35.0 Å². The highest BCUT2D eigenvalue weighted by atomic mass is 19.4. The summed E-state index contributed by atoms with van der Waals surface area (Å²) in [5.74, 6) is -3.46. The fraction of sp³-hybridized carbons (Fsp3) is 0.222. The van der Waals surface area contributed by atoms with E-state index >= 15 is 0 Å². The number of nitrogens with two attached hydrogens (primary N) is 2. The summed E-state index contributed by atoms with van der Waals surface area (Å²) < 4.78 is 52.3. The molecular formula is C18H18F4N6O2. The highest BCUT2D eigenvalue weighted by molar-refractivity contribution is 6.39. The van der Waals surface area contributed by atoms with Crippen molar-refractivity contribution in [1.29, 1.82) is 5.41 Å². The summed E-state index contributed by atoms with van der Waals surface area (Å²) in [6.45, 7) is 1.35. The minimum absolute atomic E-state index is 0.0460. The summed E-state index contributed by atoms with van der Waals surface area (Å²) in [7, 11) is 1.19. The molecule has 0 aliphatic rings. The normalized spacial score (nSPS) is 12.2. The highest BCUT2D eigenvalue weighted by Crippen LogP contribution is 2.32. The Hall–Kier alpha value is -3.70. The number of carbonyl (C=O) groups excluding carboxylic acids is 2. The molecule has 1 aromatic carbocycles. The minimum Gasteiger partial charge on any atom is -0.396 e. The molecule has 0 saturated carbocycles. The molecule has 160 valence electrons. The average Bonchev–Trinajstić information content (AvgIpc) is 2.68. The number of rotatable bonds is 4. The molecule has 0 bridgehead atoms. The molecule has 0 spiro atoms. The lowest BCUT2D eigenvalue weighted by Crippen LogP contribution is -2.39. The van der Waals surface area contributed by atoms with E-state index in [0.717, 1.165) is 23.4 Å². The molecule has 2 rings (SSSR count). The lowest BCUT2D eigenvalue weighted by molar-refractivity contribution is -0.143. The van der Waals surface area contributed by atoms with Crippen molar-refractivity contribution in [1.82, 2.24) is 9.88 Å². The van der Waals surface area contributed by atoms with Gasteiger partial charge >= 0.3 is 18.0 Å². The zero-order valence-corrected chi connectivity index (χ0v) is 15.8. The Morgan fingerprint density at radius 1 is 1.30 bits per heavy atom. The molecule has 1 heterocycles. The van der Waals surface area contributed by atoms with E-state index in [4.69, 9.17) is 16.9 Å². The number of benzene rings is 1. The van der Waals surface area contributed by atoms with Gasteiger partial charge in [0.1, 0.15) is 11.6 Å². The van der Waals surface area contributed by atoms with Crippen LogP contribution in [0.3, 0.4) is 0 Å². The van der Waals surface area contributed by atoms with E-state index in [2.05, 4.69) is 10.3 Å². The van der Waals surface area contributed by atoms with Crippen LogP contribution in [0, 0.1) is 11.2 Å². The van der Waals surface area contributed by atoms with Gasteiger partial charge in [0, 0.05) is 18.8 Å². The Kier molecular flexibility index (Phi) is 6.29. The maximum Gasteiger partial charge on any atom is 0.416 e. The van der Waals surface area contributed by atoms with Crippen molar-refractivity contribution in [3.63, 3.8) is 0 Å². The summed E-state index contributed by atoms with van der Waals surface area (Å²) in [5, 5.41) is 9.49. The van der Waals surface area contributed by atoms with E-state index in [-0.39, 0.29) is 28.3 Å². The van der Waals surface area contributed by atoms with Gasteiger partial charge in [-0.3, -0.25) is 9.59 Å². The molecule has 0 aliphatic carbocycles. The Bertz CT molecular complexity index is 1010. The van der Waals surface area contributed by atoms with Gasteiger partial charge in [0.25, 0.3) is 0 Å². The monoisotopic (exact) mass is 426 g/mol. The number of nitrogens with one attached hydrogen (secondary N) is 2. The zero-order chi connectivity index (χ0) is 22.8. The van der Waals surface area contributed by atoms with Gasteiger partial charge in [-0.1, -0.05) is 6.07 Å². The molecule has 6 N–H and O–H groups in total. The van der Waals surface area contributed by atoms with E-state index in [0.29, 0.717) is 12.1 Å². The van der Waals surface area contributed by atoms with Crippen LogP contribution < -0.4 is 16.8 Å². The van der Waals surface area contributed by atoms with Gasteiger partial charge in [-0.2, -0.15) is 13.2 Å². The minimum atomic E-state index is -4.72. The second kappa shape index (κ2) is 8.35. The number of hydrogen-bond acceptors (Lipinski definition) is 6. The van der Waals surface area contributed by atoms with E-state index in [9.17, 15) is 27.2 Å². The first-order valence-corrected chi connectivity index (χ1v) is 8.37. The third-order valence-corrected chi connectivity index (χ3v) is 4.45. The first kappa shape index (κ1) is 22.6. The second-order valence-corrected chi connectivity index (χ2v) is 6.31. The molecule has 30 heavy (non-hydrogen) atoms. The third kappa shape index (κ3) is 4.47. The van der Waals surface area contributed by atoms with Crippen molar-refractivity contribution in [3.05, 3.63) is 46.9 Å². The summed E-state index contributed by atoms with van der Waals surface area (Å²) in [4.78, 5) is 29.3. The second-order valence-electron chi connectivity index (χ2n) is 6.31. The number of amides is 2. The van der Waals surface area contributed by atoms with Crippen molar-refractivity contribution < 1.29 is 27.2 Å². The summed E-state index contributed by atoms with van der Waals surface area (Å²) in [6.07, 6.45) is -2.79. The molecule has 1 unspecified atom stereocenters. The van der Waals surface area contributed by atoms with Gasteiger partial charge in [-0.25, -0.2) is 9.37 Å². The SMILES string of the molecule is CC(c1ccc(C(F)(F)F)cc1F)N(C)C(=O)C(=O)Nc1cnc(N)c(C=N)c1N. The average molecular weight is 426 g/mol. The molecule has 2 amide bonds. The first-order valence-electron chi connectivity index (χ1n) is 8.37. The summed E-state index contributed by atoms with van der Waals surface area (Å²) >= 11 is 0. The molecule has 1 aromatic heterocycles. The quantitative estimate of drug-likeness (QED) is 0.338. The number of pyridine rings is 1. The Morgan fingerprint density at radius 2 is 1.93 bits per heavy atom. The fourth-order valence-corrected chi connectivity index (χ4v) is 2.57. The van der Waals surface area contributed by atoms with Crippen LogP contribution in [0.4, 0.5) is 34.8 Å². The van der Waals surface area contributed by atoms with Gasteiger partial charge in [-0.05, 0) is 19.1 Å². The van der Waals surface area contributed by atoms with Crippen LogP contribution in [0.1, 0.15) is 29.7 Å². The van der Waals surface area contributed by atoms with E-state index < -0.39 is 35.4 Å². The molecule has 1 atom stereocenters. The number of carbonyl (C=O) groups is 2. The molecule has 0 saturated heterocycles. The lowest BCUT2D eigenvalue weighted by Gasteiger charge is -2.25. The van der Waals surface area contributed by atoms with Gasteiger partial charge in [0.2, 0.25) is 0 Å². The molecular weight excluding hydrogens is 408 g/mol. The molecule has 0 radical (unpaired) electrons. The topological polar surface area (TPSA) is 138 Å². The number of nitrogen functional groups attached to an aromatic ring is 2. The van der Waals surface area contributed by atoms with Gasteiger partial charge < -0.3 is 27.1 Å². The van der Waals surface area contributed by atoms with E-state index in [1.807, 2.05) is 0 Å². The van der Waals surface area contributed by atoms with Gasteiger partial charge in [0.05, 0.1) is 34.7 Å². The fourth-order valence-electron chi connectivity index (χ4n) is 2.57. The molecule has 8 nitrogen and oxygen atoms in total. The van der Waals surface area contributed by atoms with Crippen LogP contribution in [0.2, 0.25) is 0 Å². The predicted octanol–water partition coefficient (Wildman–Crippen LogP) is 2.56. The smallest absolute Gasteiger partial charge is 0.396 e. The lowest BCUT2D eigenvalue weighted by atomic mass is 10.0. The number of anilines is 3. The van der Waals surface area contributed by atoms with Crippen LogP contribution in [0.25, 0.3) is 0 Å². The van der Waals surface area contributed by atoms with Gasteiger partial charge in [0.15, 0.2) is 0 Å². The Balaban J connectivity index is 2.21. The van der Waals surface area contributed by atoms with Crippen molar-refractivity contribution in [2.45, 2.75) is 19.1 Å². The van der Waals surface area contributed by atoms with Crippen molar-refractivity contribution in [3.8, 4) is 0 Å². The van der Waals surface area contributed by atoms with Crippen LogP contribution in [0.15, 0.2) is 24.4 Å². The predicted molar refractivity (Wildman–Crippen MR) is 102 cm³/mol. The number of halogens is 4. The number of likely N-dealkylation sites (N-methyl/N-ethyl adjacent to an activating group) is 1. The summed E-state index contributed by atoms with van der Waals surface area (Å²) in [5.41, 5.74) is 9.88. The van der Waals surface area contributed by atoms with Crippen molar-refractivity contribution in [2.24, 2.45) is 0 Å². The van der Waals surface area contributed by atoms with E-state index in [1.165, 1.54) is 14.0 Å². The van der Waals surface area contributed by atoms with Gasteiger partial charge in [-0.15, -0.1) is 0 Å². The third-order valence-electron chi connectivity index (χ3n) is 4.45. The Labute approximate surface area is 168 Å². The zero-order valence-electron chi connectivity index (χ0n) is 15.8. The number of nitrogens with zero attached hydrogens (tertiary/aromatic N) is 2. The number of aromatic nitrogens is 1. The highest BCUT2D eigenvalue weighted by Gasteiger charge is 2.32.